The Morgan fingerprint density at radius 2 is 1.79 bits per heavy atom. The van der Waals surface area contributed by atoms with Gasteiger partial charge in [0.1, 0.15) is 11.4 Å². The van der Waals surface area contributed by atoms with Crippen LogP contribution in [0.4, 0.5) is 28.6 Å². The highest BCUT2D eigenvalue weighted by molar-refractivity contribution is 7.92. The summed E-state index contributed by atoms with van der Waals surface area (Å²) in [5, 5.41) is 3.25. The van der Waals surface area contributed by atoms with Gasteiger partial charge in [0.2, 0.25) is 10.0 Å². The standard InChI is InChI=1S/C28H27N5O5S/c1-4-17-9-11-18(12-10-17)29-22-16-23(34)31(3)25-24(22)26(35)33(20-13-14-20)28-27(38-28)32(25)21-8-6-7-19(15-21)30-39(36,37)5-2/h1,6-12,15-16,20,27-30H,5,13-14H2,2-3H3. The monoisotopic (exact) mass is 545 g/mol. The van der Waals surface area contributed by atoms with Crippen LogP contribution in [-0.4, -0.2) is 48.0 Å². The van der Waals surface area contributed by atoms with E-state index in [0.717, 1.165) is 12.8 Å². The molecule has 2 atom stereocenters. The molecule has 1 aliphatic carbocycles. The van der Waals surface area contributed by atoms with E-state index >= 15 is 0 Å². The summed E-state index contributed by atoms with van der Waals surface area (Å²) in [4.78, 5) is 31.0. The summed E-state index contributed by atoms with van der Waals surface area (Å²) in [7, 11) is -1.90. The van der Waals surface area contributed by atoms with Gasteiger partial charge in [0.25, 0.3) is 11.5 Å². The van der Waals surface area contributed by atoms with Crippen LogP contribution in [0.15, 0.2) is 59.4 Å². The molecule has 10 nitrogen and oxygen atoms in total. The van der Waals surface area contributed by atoms with E-state index in [9.17, 15) is 18.0 Å². The molecule has 11 heteroatoms. The summed E-state index contributed by atoms with van der Waals surface area (Å²) in [6.45, 7) is 1.56. The molecule has 3 heterocycles. The van der Waals surface area contributed by atoms with Crippen molar-refractivity contribution in [1.29, 1.82) is 0 Å². The number of carbonyl (C=O) groups is 1. The van der Waals surface area contributed by atoms with Crippen molar-refractivity contribution < 1.29 is 17.9 Å². The minimum Gasteiger partial charge on any atom is -0.355 e. The highest BCUT2D eigenvalue weighted by atomic mass is 32.2. The molecule has 6 rings (SSSR count). The molecule has 3 aromatic rings. The Balaban J connectivity index is 1.52. The first kappa shape index (κ1) is 25.0. The zero-order valence-corrected chi connectivity index (χ0v) is 22.2. The van der Waals surface area contributed by atoms with Gasteiger partial charge in [-0.2, -0.15) is 0 Å². The molecule has 0 radical (unpaired) electrons. The molecule has 1 saturated carbocycles. The predicted octanol–water partition coefficient (Wildman–Crippen LogP) is 3.31. The second-order valence-corrected chi connectivity index (χ2v) is 11.8. The van der Waals surface area contributed by atoms with E-state index in [0.29, 0.717) is 39.7 Å². The first-order chi connectivity index (χ1) is 18.7. The molecular formula is C28H27N5O5S. The fourth-order valence-corrected chi connectivity index (χ4v) is 5.53. The van der Waals surface area contributed by atoms with E-state index in [1.807, 2.05) is 0 Å². The topological polar surface area (TPSA) is 116 Å². The van der Waals surface area contributed by atoms with Crippen molar-refractivity contribution in [3.05, 3.63) is 76.1 Å². The van der Waals surface area contributed by atoms with Crippen molar-refractivity contribution in [3.63, 3.8) is 0 Å². The van der Waals surface area contributed by atoms with Crippen LogP contribution in [0.25, 0.3) is 0 Å². The van der Waals surface area contributed by atoms with Crippen molar-refractivity contribution in [2.24, 2.45) is 7.05 Å². The molecule has 2 aliphatic heterocycles. The Bertz CT molecular complexity index is 1690. The third-order valence-electron chi connectivity index (χ3n) is 7.11. The van der Waals surface area contributed by atoms with E-state index in [1.165, 1.54) is 10.6 Å². The van der Waals surface area contributed by atoms with E-state index in [1.54, 1.807) is 72.3 Å². The van der Waals surface area contributed by atoms with Crippen LogP contribution in [-0.2, 0) is 21.8 Å². The predicted molar refractivity (Wildman–Crippen MR) is 149 cm³/mol. The van der Waals surface area contributed by atoms with Crippen LogP contribution in [0.5, 0.6) is 0 Å². The number of epoxide rings is 1. The Morgan fingerprint density at radius 3 is 2.46 bits per heavy atom. The average Bonchev–Trinajstić information content (AvgIpc) is 3.84. The molecule has 2 unspecified atom stereocenters. The first-order valence-corrected chi connectivity index (χ1v) is 14.3. The molecule has 1 amide bonds. The van der Waals surface area contributed by atoms with Gasteiger partial charge in [0, 0.05) is 36.1 Å². The molecule has 39 heavy (non-hydrogen) atoms. The van der Waals surface area contributed by atoms with Crippen LogP contribution >= 0.6 is 0 Å². The number of hydrogen-bond acceptors (Lipinski definition) is 7. The number of benzene rings is 2. The molecule has 0 spiro atoms. The van der Waals surface area contributed by atoms with Crippen LogP contribution < -0.4 is 20.5 Å². The van der Waals surface area contributed by atoms with Gasteiger partial charge in [-0.15, -0.1) is 6.42 Å². The van der Waals surface area contributed by atoms with Crippen LogP contribution in [0, 0.1) is 12.3 Å². The van der Waals surface area contributed by atoms with E-state index in [4.69, 9.17) is 11.2 Å². The van der Waals surface area contributed by atoms with Crippen molar-refractivity contribution in [1.82, 2.24) is 9.47 Å². The van der Waals surface area contributed by atoms with E-state index in [2.05, 4.69) is 16.0 Å². The second kappa shape index (κ2) is 9.18. The molecule has 200 valence electrons. The molecular weight excluding hydrogens is 518 g/mol. The number of terminal acetylenes is 1. The van der Waals surface area contributed by atoms with Gasteiger partial charge in [0.05, 0.1) is 17.1 Å². The van der Waals surface area contributed by atoms with Crippen molar-refractivity contribution in [2.75, 3.05) is 20.7 Å². The van der Waals surface area contributed by atoms with E-state index in [-0.39, 0.29) is 23.3 Å². The number of nitrogens with zero attached hydrogens (tertiary/aromatic N) is 3. The molecule has 1 aromatic heterocycles. The van der Waals surface area contributed by atoms with Gasteiger partial charge in [-0.05, 0) is 62.2 Å². The number of carbonyl (C=O) groups excluding carboxylic acids is 1. The SMILES string of the molecule is C#Cc1ccc(Nc2cc(=O)n(C)c3c2C(=O)N(C2CC2)C2OC2N3c2cccc(NS(=O)(=O)CC)c2)cc1. The third-order valence-corrected chi connectivity index (χ3v) is 8.42. The fraction of sp³-hybridized carbons (Fsp3) is 0.286. The first-order valence-electron chi connectivity index (χ1n) is 12.7. The number of anilines is 5. The number of hydrogen-bond donors (Lipinski definition) is 2. The number of nitrogens with one attached hydrogen (secondary N) is 2. The maximum atomic E-state index is 14.1. The molecule has 3 aliphatic rings. The molecule has 0 bridgehead atoms. The lowest BCUT2D eigenvalue weighted by Crippen LogP contribution is -2.36. The van der Waals surface area contributed by atoms with Gasteiger partial charge < -0.3 is 15.0 Å². The zero-order chi connectivity index (χ0) is 27.5. The lowest BCUT2D eigenvalue weighted by atomic mass is 10.1. The van der Waals surface area contributed by atoms with Gasteiger partial charge in [-0.3, -0.25) is 23.8 Å². The van der Waals surface area contributed by atoms with Gasteiger partial charge in [-0.1, -0.05) is 12.0 Å². The molecule has 1 saturated heterocycles. The summed E-state index contributed by atoms with van der Waals surface area (Å²) in [5.74, 6) is 2.63. The van der Waals surface area contributed by atoms with Crippen molar-refractivity contribution in [2.45, 2.75) is 38.3 Å². The lowest BCUT2D eigenvalue weighted by molar-refractivity contribution is 0.0653. The summed E-state index contributed by atoms with van der Waals surface area (Å²) in [6, 6.07) is 15.5. The largest absolute Gasteiger partial charge is 0.355 e. The number of ether oxygens (including phenoxy) is 1. The number of sulfonamides is 1. The Kier molecular flexibility index (Phi) is 5.89. The maximum absolute atomic E-state index is 14.1. The van der Waals surface area contributed by atoms with Crippen LogP contribution in [0.2, 0.25) is 0 Å². The molecule has 2 aromatic carbocycles. The average molecular weight is 546 g/mol. The quantitative estimate of drug-likeness (QED) is 0.346. The maximum Gasteiger partial charge on any atom is 0.262 e. The summed E-state index contributed by atoms with van der Waals surface area (Å²) in [5.41, 5.74) is 2.71. The fourth-order valence-electron chi connectivity index (χ4n) is 4.90. The minimum atomic E-state index is -3.51. The highest BCUT2D eigenvalue weighted by Gasteiger charge is 2.58. The Morgan fingerprint density at radius 1 is 1.05 bits per heavy atom. The van der Waals surface area contributed by atoms with Crippen LogP contribution in [0.1, 0.15) is 35.7 Å². The lowest BCUT2D eigenvalue weighted by Gasteiger charge is -2.28. The number of fused-ring (bicyclic) bond motifs is 2. The molecule has 2 fully saturated rings. The normalized spacial score (nSPS) is 20.0. The number of pyridine rings is 1. The molecule has 2 N–H and O–H groups in total. The second-order valence-electron chi connectivity index (χ2n) is 9.79. The number of amides is 1. The highest BCUT2D eigenvalue weighted by Crippen LogP contribution is 2.49. The summed E-state index contributed by atoms with van der Waals surface area (Å²) in [6.07, 6.45) is 6.21. The van der Waals surface area contributed by atoms with E-state index < -0.39 is 22.5 Å². The Hall–Kier alpha value is -4.27. The van der Waals surface area contributed by atoms with Gasteiger partial charge >= 0.3 is 0 Å². The van der Waals surface area contributed by atoms with Crippen LogP contribution in [0.3, 0.4) is 0 Å². The number of aromatic nitrogens is 1. The van der Waals surface area contributed by atoms with Gasteiger partial charge in [0.15, 0.2) is 12.5 Å². The smallest absolute Gasteiger partial charge is 0.262 e. The minimum absolute atomic E-state index is 0.0583. The van der Waals surface area contributed by atoms with Crippen molar-refractivity contribution >= 4 is 44.5 Å². The Labute approximate surface area is 226 Å². The van der Waals surface area contributed by atoms with Crippen molar-refractivity contribution in [3.8, 4) is 12.3 Å². The van der Waals surface area contributed by atoms with Gasteiger partial charge in [-0.25, -0.2) is 8.42 Å². The third kappa shape index (κ3) is 4.51. The summed E-state index contributed by atoms with van der Waals surface area (Å²) >= 11 is 0. The number of rotatable bonds is 7. The summed E-state index contributed by atoms with van der Waals surface area (Å²) < 4.78 is 34.5. The zero-order valence-electron chi connectivity index (χ0n) is 21.4.